The van der Waals surface area contributed by atoms with Gasteiger partial charge in [0.15, 0.2) is 16.6 Å². The molecule has 12 heteroatoms. The summed E-state index contributed by atoms with van der Waals surface area (Å²) >= 11 is 0. The molecule has 1 unspecified atom stereocenters. The minimum Gasteiger partial charge on any atom is -0.497 e. The summed E-state index contributed by atoms with van der Waals surface area (Å²) in [6.45, 7) is 5.16. The summed E-state index contributed by atoms with van der Waals surface area (Å²) in [5, 5.41) is 6.03. The van der Waals surface area contributed by atoms with Gasteiger partial charge in [-0.05, 0) is 68.5 Å². The van der Waals surface area contributed by atoms with E-state index in [1.807, 2.05) is 13.8 Å². The third kappa shape index (κ3) is 6.50. The summed E-state index contributed by atoms with van der Waals surface area (Å²) in [6.07, 6.45) is 2.31. The Morgan fingerprint density at radius 2 is 1.95 bits per heavy atom. The van der Waals surface area contributed by atoms with Crippen LogP contribution in [0.3, 0.4) is 0 Å². The molecule has 1 saturated heterocycles. The largest absolute Gasteiger partial charge is 0.497 e. The summed E-state index contributed by atoms with van der Waals surface area (Å²) in [7, 11) is -2.46. The van der Waals surface area contributed by atoms with Crippen LogP contribution >= 0.6 is 0 Å². The number of sulfonamides is 1. The van der Waals surface area contributed by atoms with Crippen molar-refractivity contribution in [3.63, 3.8) is 0 Å². The van der Waals surface area contributed by atoms with Crippen molar-refractivity contribution < 1.29 is 32.0 Å². The van der Waals surface area contributed by atoms with Crippen LogP contribution in [0.15, 0.2) is 58.1 Å². The van der Waals surface area contributed by atoms with Crippen molar-refractivity contribution in [1.82, 2.24) is 19.9 Å². The van der Waals surface area contributed by atoms with Crippen LogP contribution in [0, 0.1) is 5.92 Å². The molecular weight excluding hydrogens is 536 g/mol. The lowest BCUT2D eigenvalue weighted by molar-refractivity contribution is -0.129. The van der Waals surface area contributed by atoms with Gasteiger partial charge < -0.3 is 19.8 Å². The Balaban J connectivity index is 1.47. The maximum Gasteiger partial charge on any atom is 0.287 e. The highest BCUT2D eigenvalue weighted by molar-refractivity contribution is 7.89. The van der Waals surface area contributed by atoms with Crippen LogP contribution in [0.4, 0.5) is 0 Å². The predicted molar refractivity (Wildman–Crippen MR) is 147 cm³/mol. The number of Topliss-reactive ketones (excluding diaryl/α,β-unsaturated/α-hetero) is 1. The molecule has 0 saturated carbocycles. The number of nitrogens with one attached hydrogen (secondary N) is 2. The molecule has 40 heavy (non-hydrogen) atoms. The van der Waals surface area contributed by atoms with Gasteiger partial charge in [-0.25, -0.2) is 13.4 Å². The number of methoxy groups -OCH3 is 1. The van der Waals surface area contributed by atoms with Crippen molar-refractivity contribution in [1.29, 1.82) is 0 Å². The molecule has 3 atom stereocenters. The molecule has 1 fully saturated rings. The van der Waals surface area contributed by atoms with E-state index >= 15 is 0 Å². The first kappa shape index (κ1) is 29.2. The number of rotatable bonds is 9. The lowest BCUT2D eigenvalue weighted by Gasteiger charge is -2.25. The van der Waals surface area contributed by atoms with Crippen molar-refractivity contribution in [2.45, 2.75) is 63.2 Å². The normalized spacial score (nSPS) is 19.3. The number of fused-ring (bicyclic) bond motifs is 1. The zero-order valence-corrected chi connectivity index (χ0v) is 23.7. The SMILES string of the molecule is COc1ccc2oc(C(=O)N[C@@H](CC(C)C)C(=O)NC3CC[C@@H](C)N(S(=O)(=O)c4ccccn4)CC3=O)cc2c1. The van der Waals surface area contributed by atoms with E-state index < -0.39 is 52.3 Å². The van der Waals surface area contributed by atoms with Crippen LogP contribution in [-0.2, 0) is 19.6 Å². The van der Waals surface area contributed by atoms with E-state index in [-0.39, 0.29) is 23.1 Å². The summed E-state index contributed by atoms with van der Waals surface area (Å²) in [4.78, 5) is 43.5. The van der Waals surface area contributed by atoms with Gasteiger partial charge in [0.05, 0.1) is 19.7 Å². The van der Waals surface area contributed by atoms with Gasteiger partial charge >= 0.3 is 0 Å². The molecule has 0 aliphatic carbocycles. The first-order chi connectivity index (χ1) is 19.0. The molecule has 0 bridgehead atoms. The summed E-state index contributed by atoms with van der Waals surface area (Å²) in [5.41, 5.74) is 0.499. The average Bonchev–Trinajstić information content (AvgIpc) is 3.30. The second kappa shape index (κ2) is 12.2. The zero-order valence-electron chi connectivity index (χ0n) is 22.9. The monoisotopic (exact) mass is 570 g/mol. The van der Waals surface area contributed by atoms with E-state index in [4.69, 9.17) is 9.15 Å². The highest BCUT2D eigenvalue weighted by atomic mass is 32.2. The molecule has 2 amide bonds. The lowest BCUT2D eigenvalue weighted by atomic mass is 10.0. The van der Waals surface area contributed by atoms with Crippen LogP contribution in [0.5, 0.6) is 5.75 Å². The molecule has 3 heterocycles. The first-order valence-corrected chi connectivity index (χ1v) is 14.6. The van der Waals surface area contributed by atoms with E-state index in [1.54, 1.807) is 50.4 Å². The standard InChI is InChI=1S/C28H34N4O7S/c1-17(2)13-22(31-28(35)25-15-19-14-20(38-4)9-11-24(19)39-25)27(34)30-21-10-8-18(3)32(16-23(21)33)40(36,37)26-7-5-6-12-29-26/h5-7,9,11-12,14-15,17-18,21-22H,8,10,13,16H2,1-4H3,(H,30,34)(H,31,35)/t18-,21?,22+/m1/s1. The van der Waals surface area contributed by atoms with Crippen LogP contribution in [-0.4, -0.2) is 67.1 Å². The number of pyridine rings is 1. The zero-order chi connectivity index (χ0) is 29.0. The molecule has 0 spiro atoms. The number of benzene rings is 1. The van der Waals surface area contributed by atoms with Crippen LogP contribution < -0.4 is 15.4 Å². The van der Waals surface area contributed by atoms with Crippen molar-refractivity contribution in [3.05, 3.63) is 54.4 Å². The second-order valence-corrected chi connectivity index (χ2v) is 12.2. The molecule has 1 aliphatic rings. The third-order valence-electron chi connectivity index (χ3n) is 6.87. The van der Waals surface area contributed by atoms with Crippen LogP contribution in [0.2, 0.25) is 0 Å². The van der Waals surface area contributed by atoms with E-state index in [0.29, 0.717) is 29.6 Å². The minimum absolute atomic E-state index is 0.0412. The number of hydrogen-bond donors (Lipinski definition) is 2. The fourth-order valence-corrected chi connectivity index (χ4v) is 6.25. The molecule has 2 N–H and O–H groups in total. The summed E-state index contributed by atoms with van der Waals surface area (Å²) < 4.78 is 38.4. The highest BCUT2D eigenvalue weighted by Crippen LogP contribution is 2.25. The van der Waals surface area contributed by atoms with Gasteiger partial charge in [0.25, 0.3) is 15.9 Å². The fourth-order valence-electron chi connectivity index (χ4n) is 4.69. The highest BCUT2D eigenvalue weighted by Gasteiger charge is 2.38. The van der Waals surface area contributed by atoms with E-state index in [2.05, 4.69) is 15.6 Å². The van der Waals surface area contributed by atoms with Crippen molar-refractivity contribution in [2.24, 2.45) is 5.92 Å². The quantitative estimate of drug-likeness (QED) is 0.399. The van der Waals surface area contributed by atoms with Crippen molar-refractivity contribution in [2.75, 3.05) is 13.7 Å². The Morgan fingerprint density at radius 1 is 1.18 bits per heavy atom. The molecule has 1 aromatic carbocycles. The summed E-state index contributed by atoms with van der Waals surface area (Å²) in [6, 6.07) is 8.98. The Morgan fingerprint density at radius 3 is 2.62 bits per heavy atom. The first-order valence-electron chi connectivity index (χ1n) is 13.1. The molecule has 1 aliphatic heterocycles. The number of ether oxygens (including phenoxy) is 1. The average molecular weight is 571 g/mol. The number of nitrogens with zero attached hydrogens (tertiary/aromatic N) is 2. The molecule has 3 aromatic rings. The van der Waals surface area contributed by atoms with Crippen LogP contribution in [0.1, 0.15) is 50.6 Å². The number of carbonyl (C=O) groups is 3. The minimum atomic E-state index is -4.00. The maximum absolute atomic E-state index is 13.3. The molecule has 214 valence electrons. The molecule has 11 nitrogen and oxygen atoms in total. The Labute approximate surface area is 233 Å². The van der Waals surface area contributed by atoms with Gasteiger partial charge in [-0.1, -0.05) is 19.9 Å². The van der Waals surface area contributed by atoms with Crippen molar-refractivity contribution in [3.8, 4) is 5.75 Å². The van der Waals surface area contributed by atoms with Gasteiger partial charge in [-0.15, -0.1) is 0 Å². The Hall–Kier alpha value is -3.77. The summed E-state index contributed by atoms with van der Waals surface area (Å²) in [5.74, 6) is -0.806. The van der Waals surface area contributed by atoms with Gasteiger partial charge in [-0.3, -0.25) is 14.4 Å². The molecule has 4 rings (SSSR count). The number of hydrogen-bond acceptors (Lipinski definition) is 8. The predicted octanol–water partition coefficient (Wildman–Crippen LogP) is 2.91. The third-order valence-corrected chi connectivity index (χ3v) is 8.75. The second-order valence-electron chi connectivity index (χ2n) is 10.3. The maximum atomic E-state index is 13.3. The van der Waals surface area contributed by atoms with E-state index in [0.717, 1.165) is 4.31 Å². The number of amides is 2. The van der Waals surface area contributed by atoms with Gasteiger partial charge in [-0.2, -0.15) is 4.31 Å². The number of ketones is 1. The number of furan rings is 1. The van der Waals surface area contributed by atoms with E-state index in [9.17, 15) is 22.8 Å². The van der Waals surface area contributed by atoms with Gasteiger partial charge in [0, 0.05) is 17.6 Å². The number of aromatic nitrogens is 1. The van der Waals surface area contributed by atoms with E-state index in [1.165, 1.54) is 12.3 Å². The van der Waals surface area contributed by atoms with Gasteiger partial charge in [0.2, 0.25) is 5.91 Å². The number of carbonyl (C=O) groups excluding carboxylic acids is 3. The Bertz CT molecular complexity index is 1490. The van der Waals surface area contributed by atoms with Gasteiger partial charge in [0.1, 0.15) is 17.4 Å². The fraction of sp³-hybridized carbons (Fsp3) is 0.429. The smallest absolute Gasteiger partial charge is 0.287 e. The Kier molecular flexibility index (Phi) is 8.89. The molecular formula is C28H34N4O7S. The van der Waals surface area contributed by atoms with Crippen LogP contribution in [0.25, 0.3) is 11.0 Å². The van der Waals surface area contributed by atoms with Crippen molar-refractivity contribution >= 4 is 38.6 Å². The molecule has 0 radical (unpaired) electrons. The lowest BCUT2D eigenvalue weighted by Crippen LogP contribution is -2.52. The topological polar surface area (TPSA) is 148 Å². The molecule has 2 aromatic heterocycles.